The standard InChI is InChI=1S/C32H46O7/c1-27(2)21-8-11-32(7)23(30(21,5)10-9-22(27)39-25(36)24(34)35)20(33)16-18-19-17-29(4,26(37)38)13-12-28(19,3)14-15-31(18,32)6/h16,19,21-23H,8-15,17H2,1-7H3,(H,34,35)(H,37,38)/t19-,21-,22-,23+,28+,29-,30-,31+,32+/m0/s1. The Morgan fingerprint density at radius 2 is 1.51 bits per heavy atom. The van der Waals surface area contributed by atoms with E-state index < -0.39 is 34.8 Å². The summed E-state index contributed by atoms with van der Waals surface area (Å²) >= 11 is 0. The van der Waals surface area contributed by atoms with Crippen LogP contribution in [0.1, 0.15) is 106 Å². The number of ether oxygens (including phenoxy) is 1. The lowest BCUT2D eigenvalue weighted by atomic mass is 9.33. The van der Waals surface area contributed by atoms with Crippen molar-refractivity contribution in [3.05, 3.63) is 11.6 Å². The summed E-state index contributed by atoms with van der Waals surface area (Å²) in [7, 11) is 0. The maximum Gasteiger partial charge on any atom is 0.417 e. The summed E-state index contributed by atoms with van der Waals surface area (Å²) in [5.74, 6) is -3.36. The highest BCUT2D eigenvalue weighted by atomic mass is 16.6. The Morgan fingerprint density at radius 1 is 0.872 bits per heavy atom. The van der Waals surface area contributed by atoms with Crippen LogP contribution in [-0.4, -0.2) is 40.0 Å². The van der Waals surface area contributed by atoms with E-state index >= 15 is 0 Å². The summed E-state index contributed by atoms with van der Waals surface area (Å²) in [4.78, 5) is 49.9. The van der Waals surface area contributed by atoms with E-state index in [4.69, 9.17) is 9.84 Å². The van der Waals surface area contributed by atoms with Crippen LogP contribution < -0.4 is 0 Å². The third-order valence-electron chi connectivity index (χ3n) is 13.5. The van der Waals surface area contributed by atoms with Gasteiger partial charge in [-0.15, -0.1) is 0 Å². The van der Waals surface area contributed by atoms with E-state index in [0.717, 1.165) is 32.1 Å². The summed E-state index contributed by atoms with van der Waals surface area (Å²) in [5, 5.41) is 19.2. The molecule has 9 atom stereocenters. The molecule has 4 saturated carbocycles. The molecule has 0 spiro atoms. The van der Waals surface area contributed by atoms with Gasteiger partial charge in [0.25, 0.3) is 0 Å². The first kappa shape index (κ1) is 28.4. The average molecular weight is 543 g/mol. The minimum absolute atomic E-state index is 0.0128. The number of hydrogen-bond donors (Lipinski definition) is 2. The molecule has 0 amide bonds. The Labute approximate surface area is 232 Å². The molecule has 0 saturated heterocycles. The first-order valence-corrected chi connectivity index (χ1v) is 14.8. The number of ketones is 1. The van der Waals surface area contributed by atoms with Crippen LogP contribution in [0.2, 0.25) is 0 Å². The van der Waals surface area contributed by atoms with Crippen molar-refractivity contribution in [1.82, 2.24) is 0 Å². The molecular formula is C32H46O7. The summed E-state index contributed by atoms with van der Waals surface area (Å²) in [6, 6.07) is 0. The van der Waals surface area contributed by atoms with Crippen molar-refractivity contribution in [2.24, 2.45) is 50.2 Å². The van der Waals surface area contributed by atoms with Crippen LogP contribution in [0.15, 0.2) is 11.6 Å². The predicted molar refractivity (Wildman–Crippen MR) is 145 cm³/mol. The van der Waals surface area contributed by atoms with Gasteiger partial charge in [0.1, 0.15) is 6.10 Å². The molecule has 0 aromatic rings. The van der Waals surface area contributed by atoms with Crippen molar-refractivity contribution >= 4 is 23.7 Å². The Bertz CT molecular complexity index is 1170. The number of aliphatic carboxylic acids is 2. The fourth-order valence-electron chi connectivity index (χ4n) is 10.7. The quantitative estimate of drug-likeness (QED) is 0.322. The fraction of sp³-hybridized carbons (Fsp3) is 0.812. The Hall–Kier alpha value is -2.18. The number of carboxylic acids is 2. The van der Waals surface area contributed by atoms with Crippen LogP contribution in [0.5, 0.6) is 0 Å². The SMILES string of the molecule is CC1(C)[C@@H](OC(=O)C(=O)O)CC[C@]2(C)[C@H]3C(=O)C=C4[C@@H]5C[C@@](C)(C(=O)O)CC[C@]5(C)CC[C@@]4(C)[C@]3(C)CC[C@@H]12. The molecule has 7 nitrogen and oxygen atoms in total. The molecule has 0 heterocycles. The number of carbonyl (C=O) groups excluding carboxylic acids is 2. The van der Waals surface area contributed by atoms with Crippen LogP contribution in [0, 0.1) is 50.2 Å². The van der Waals surface area contributed by atoms with Gasteiger partial charge in [-0.25, -0.2) is 9.59 Å². The van der Waals surface area contributed by atoms with E-state index in [1.165, 1.54) is 5.57 Å². The van der Waals surface area contributed by atoms with Crippen molar-refractivity contribution in [2.45, 2.75) is 112 Å². The largest absolute Gasteiger partial charge is 0.481 e. The van der Waals surface area contributed by atoms with E-state index in [1.807, 2.05) is 13.0 Å². The molecule has 0 aromatic heterocycles. The molecule has 0 unspecified atom stereocenters. The van der Waals surface area contributed by atoms with Crippen LogP contribution in [0.3, 0.4) is 0 Å². The molecular weight excluding hydrogens is 496 g/mol. The number of carboxylic acid groups (broad SMARTS) is 2. The highest BCUT2D eigenvalue weighted by Gasteiger charge is 2.70. The summed E-state index contributed by atoms with van der Waals surface area (Å²) in [6.45, 7) is 15.2. The van der Waals surface area contributed by atoms with Crippen molar-refractivity contribution in [1.29, 1.82) is 0 Å². The molecule has 5 rings (SSSR count). The fourth-order valence-corrected chi connectivity index (χ4v) is 10.7. The maximum absolute atomic E-state index is 14.4. The number of carbonyl (C=O) groups is 4. The molecule has 0 aliphatic heterocycles. The van der Waals surface area contributed by atoms with Gasteiger partial charge in [0, 0.05) is 11.3 Å². The molecule has 39 heavy (non-hydrogen) atoms. The van der Waals surface area contributed by atoms with Gasteiger partial charge in [-0.3, -0.25) is 9.59 Å². The first-order chi connectivity index (χ1) is 17.9. The highest BCUT2D eigenvalue weighted by Crippen LogP contribution is 2.75. The lowest BCUT2D eigenvalue weighted by Gasteiger charge is -2.70. The van der Waals surface area contributed by atoms with Gasteiger partial charge >= 0.3 is 17.9 Å². The number of allylic oxidation sites excluding steroid dienone is 2. The second kappa shape index (κ2) is 8.42. The van der Waals surface area contributed by atoms with E-state index in [-0.39, 0.29) is 45.2 Å². The van der Waals surface area contributed by atoms with Gasteiger partial charge in [0.05, 0.1) is 5.41 Å². The molecule has 0 aromatic carbocycles. The number of hydrogen-bond acceptors (Lipinski definition) is 5. The van der Waals surface area contributed by atoms with E-state index in [9.17, 15) is 24.3 Å². The maximum atomic E-state index is 14.4. The van der Waals surface area contributed by atoms with Gasteiger partial charge < -0.3 is 14.9 Å². The number of rotatable bonds is 2. The third kappa shape index (κ3) is 3.66. The van der Waals surface area contributed by atoms with Crippen LogP contribution in [0.25, 0.3) is 0 Å². The van der Waals surface area contributed by atoms with E-state index in [0.29, 0.717) is 25.7 Å². The summed E-state index contributed by atoms with van der Waals surface area (Å²) in [5.41, 5.74) is -0.814. The van der Waals surface area contributed by atoms with Gasteiger partial charge in [-0.1, -0.05) is 47.1 Å². The van der Waals surface area contributed by atoms with Gasteiger partial charge in [-0.05, 0) is 104 Å². The summed E-state index contributed by atoms with van der Waals surface area (Å²) in [6.07, 6.45) is 8.57. The average Bonchev–Trinajstić information content (AvgIpc) is 2.83. The molecule has 5 aliphatic carbocycles. The lowest BCUT2D eigenvalue weighted by Crippen LogP contribution is -2.66. The zero-order chi connectivity index (χ0) is 29.0. The molecule has 216 valence electrons. The summed E-state index contributed by atoms with van der Waals surface area (Å²) < 4.78 is 5.48. The predicted octanol–water partition coefficient (Wildman–Crippen LogP) is 6.05. The molecule has 7 heteroatoms. The minimum atomic E-state index is -1.57. The topological polar surface area (TPSA) is 118 Å². The normalized spacial score (nSPS) is 48.4. The second-order valence-corrected chi connectivity index (χ2v) is 15.6. The van der Waals surface area contributed by atoms with E-state index in [1.54, 1.807) is 0 Å². The smallest absolute Gasteiger partial charge is 0.417 e. The number of esters is 1. The zero-order valence-electron chi connectivity index (χ0n) is 24.7. The van der Waals surface area contributed by atoms with Crippen molar-refractivity contribution in [3.8, 4) is 0 Å². The van der Waals surface area contributed by atoms with Gasteiger partial charge in [0.2, 0.25) is 0 Å². The Morgan fingerprint density at radius 3 is 2.13 bits per heavy atom. The van der Waals surface area contributed by atoms with Gasteiger partial charge in [-0.2, -0.15) is 0 Å². The van der Waals surface area contributed by atoms with Gasteiger partial charge in [0.15, 0.2) is 5.78 Å². The highest BCUT2D eigenvalue weighted by molar-refractivity contribution is 6.28. The Balaban J connectivity index is 1.55. The van der Waals surface area contributed by atoms with Crippen LogP contribution >= 0.6 is 0 Å². The Kier molecular flexibility index (Phi) is 6.12. The molecule has 0 radical (unpaired) electrons. The minimum Gasteiger partial charge on any atom is -0.481 e. The van der Waals surface area contributed by atoms with Crippen molar-refractivity contribution in [3.63, 3.8) is 0 Å². The lowest BCUT2D eigenvalue weighted by molar-refractivity contribution is -0.212. The van der Waals surface area contributed by atoms with Crippen LogP contribution in [0.4, 0.5) is 0 Å². The van der Waals surface area contributed by atoms with Crippen molar-refractivity contribution < 1.29 is 34.1 Å². The second-order valence-electron chi connectivity index (χ2n) is 15.6. The first-order valence-electron chi connectivity index (χ1n) is 14.8. The molecule has 4 fully saturated rings. The number of fused-ring (bicyclic) bond motifs is 7. The molecule has 5 aliphatic rings. The molecule has 0 bridgehead atoms. The molecule has 2 N–H and O–H groups in total. The van der Waals surface area contributed by atoms with Crippen LogP contribution in [-0.2, 0) is 23.9 Å². The zero-order valence-corrected chi connectivity index (χ0v) is 24.7. The third-order valence-corrected chi connectivity index (χ3v) is 13.5. The monoisotopic (exact) mass is 542 g/mol. The van der Waals surface area contributed by atoms with E-state index in [2.05, 4.69) is 41.5 Å². The van der Waals surface area contributed by atoms with Crippen molar-refractivity contribution in [2.75, 3.05) is 0 Å².